The van der Waals surface area contributed by atoms with Gasteiger partial charge in [-0.15, -0.1) is 0 Å². The predicted molar refractivity (Wildman–Crippen MR) is 101 cm³/mol. The summed E-state index contributed by atoms with van der Waals surface area (Å²) in [6.07, 6.45) is 2.98. The van der Waals surface area contributed by atoms with Crippen molar-refractivity contribution in [3.05, 3.63) is 29.3 Å². The van der Waals surface area contributed by atoms with E-state index in [-0.39, 0.29) is 5.41 Å². The molecule has 0 bridgehead atoms. The molecule has 1 aromatic carbocycles. The maximum Gasteiger partial charge on any atom is 0.123 e. The van der Waals surface area contributed by atoms with Crippen LogP contribution < -0.4 is 4.74 Å². The van der Waals surface area contributed by atoms with E-state index in [4.69, 9.17) is 9.47 Å². The molecule has 0 spiro atoms. The fourth-order valence-corrected chi connectivity index (χ4v) is 3.44. The quantitative estimate of drug-likeness (QED) is 0.712. The van der Waals surface area contributed by atoms with Gasteiger partial charge in [-0.2, -0.15) is 0 Å². The molecule has 1 aliphatic rings. The fourth-order valence-electron chi connectivity index (χ4n) is 3.44. The van der Waals surface area contributed by atoms with Crippen LogP contribution in [0, 0.1) is 6.92 Å². The van der Waals surface area contributed by atoms with E-state index < -0.39 is 0 Å². The summed E-state index contributed by atoms with van der Waals surface area (Å²) in [5.74, 6) is 1.04. The first-order chi connectivity index (χ1) is 11.3. The zero-order valence-electron chi connectivity index (χ0n) is 16.4. The summed E-state index contributed by atoms with van der Waals surface area (Å²) < 4.78 is 11.9. The number of rotatable bonds is 6. The lowest BCUT2D eigenvalue weighted by Gasteiger charge is -2.35. The van der Waals surface area contributed by atoms with Crippen LogP contribution in [0.15, 0.2) is 18.2 Å². The number of hydrogen-bond acceptors (Lipinski definition) is 3. The largest absolute Gasteiger partial charge is 0.493 e. The van der Waals surface area contributed by atoms with Crippen molar-refractivity contribution in [3.63, 3.8) is 0 Å². The molecule has 2 atom stereocenters. The van der Waals surface area contributed by atoms with E-state index in [1.807, 2.05) is 0 Å². The molecule has 2 rings (SSSR count). The topological polar surface area (TPSA) is 21.7 Å². The van der Waals surface area contributed by atoms with Crippen molar-refractivity contribution < 1.29 is 9.47 Å². The lowest BCUT2D eigenvalue weighted by Crippen LogP contribution is -2.45. The summed E-state index contributed by atoms with van der Waals surface area (Å²) in [6.45, 7) is 17.2. The molecule has 3 heteroatoms. The Morgan fingerprint density at radius 2 is 1.79 bits per heavy atom. The number of unbranched alkanes of at least 4 members (excludes halogenated alkanes) is 1. The monoisotopic (exact) mass is 333 g/mol. The van der Waals surface area contributed by atoms with Gasteiger partial charge in [-0.25, -0.2) is 0 Å². The highest BCUT2D eigenvalue weighted by atomic mass is 16.5. The van der Waals surface area contributed by atoms with Gasteiger partial charge in [0.2, 0.25) is 0 Å². The Balaban J connectivity index is 1.77. The molecular weight excluding hydrogens is 298 g/mol. The molecule has 24 heavy (non-hydrogen) atoms. The zero-order chi connectivity index (χ0) is 17.7. The number of morpholine rings is 1. The maximum absolute atomic E-state index is 6.11. The van der Waals surface area contributed by atoms with Gasteiger partial charge < -0.3 is 9.47 Å². The molecule has 1 heterocycles. The molecule has 1 aromatic rings. The van der Waals surface area contributed by atoms with Crippen LogP contribution in [0.1, 0.15) is 58.6 Å². The van der Waals surface area contributed by atoms with Crippen molar-refractivity contribution in [1.82, 2.24) is 4.90 Å². The molecular formula is C21H35NO2. The SMILES string of the molecule is Cc1ccc(OCCCCN2C[C@H](C)O[C@@H](C)C2)c(C(C)(C)C)c1. The first-order valence-electron chi connectivity index (χ1n) is 9.37. The molecule has 0 aromatic heterocycles. The van der Waals surface area contributed by atoms with Crippen LogP contribution in [0.2, 0.25) is 0 Å². The first kappa shape index (κ1) is 19.3. The molecule has 1 saturated heterocycles. The normalized spacial score (nSPS) is 22.6. The summed E-state index contributed by atoms with van der Waals surface area (Å²) >= 11 is 0. The van der Waals surface area contributed by atoms with E-state index in [9.17, 15) is 0 Å². The van der Waals surface area contributed by atoms with E-state index in [2.05, 4.69) is 64.6 Å². The Morgan fingerprint density at radius 1 is 1.12 bits per heavy atom. The van der Waals surface area contributed by atoms with E-state index in [0.717, 1.165) is 38.4 Å². The highest BCUT2D eigenvalue weighted by Gasteiger charge is 2.21. The standard InChI is InChI=1S/C21H35NO2/c1-16-9-10-20(19(13-16)21(4,5)6)23-12-8-7-11-22-14-17(2)24-18(3)15-22/h9-10,13,17-18H,7-8,11-12,14-15H2,1-6H3/t17-,18-/m0/s1. The average Bonchev–Trinajstić information content (AvgIpc) is 2.46. The summed E-state index contributed by atoms with van der Waals surface area (Å²) in [5.41, 5.74) is 2.71. The highest BCUT2D eigenvalue weighted by Crippen LogP contribution is 2.32. The third-order valence-corrected chi connectivity index (χ3v) is 4.56. The van der Waals surface area contributed by atoms with Gasteiger partial charge in [-0.05, 0) is 57.2 Å². The maximum atomic E-state index is 6.11. The first-order valence-corrected chi connectivity index (χ1v) is 9.37. The van der Waals surface area contributed by atoms with E-state index >= 15 is 0 Å². The highest BCUT2D eigenvalue weighted by molar-refractivity contribution is 5.41. The van der Waals surface area contributed by atoms with E-state index in [1.54, 1.807) is 0 Å². The van der Waals surface area contributed by atoms with Gasteiger partial charge in [0.15, 0.2) is 0 Å². The number of hydrogen-bond donors (Lipinski definition) is 0. The third kappa shape index (κ3) is 5.78. The molecule has 136 valence electrons. The van der Waals surface area contributed by atoms with Gasteiger partial charge in [0.05, 0.1) is 18.8 Å². The lowest BCUT2D eigenvalue weighted by atomic mass is 9.85. The minimum absolute atomic E-state index is 0.113. The van der Waals surface area contributed by atoms with Crippen molar-refractivity contribution in [2.45, 2.75) is 72.0 Å². The summed E-state index contributed by atoms with van der Waals surface area (Å²) in [6, 6.07) is 6.52. The van der Waals surface area contributed by atoms with Gasteiger partial charge >= 0.3 is 0 Å². The lowest BCUT2D eigenvalue weighted by molar-refractivity contribution is -0.0682. The molecule has 0 aliphatic carbocycles. The zero-order valence-corrected chi connectivity index (χ0v) is 16.4. The number of nitrogens with zero attached hydrogens (tertiary/aromatic N) is 1. The van der Waals surface area contributed by atoms with Crippen LogP contribution in [0.3, 0.4) is 0 Å². The molecule has 3 nitrogen and oxygen atoms in total. The molecule has 0 unspecified atom stereocenters. The number of benzene rings is 1. The van der Waals surface area contributed by atoms with E-state index in [1.165, 1.54) is 17.5 Å². The smallest absolute Gasteiger partial charge is 0.123 e. The number of ether oxygens (including phenoxy) is 2. The molecule has 0 amide bonds. The van der Waals surface area contributed by atoms with Crippen LogP contribution >= 0.6 is 0 Å². The summed E-state index contributed by atoms with van der Waals surface area (Å²) in [7, 11) is 0. The summed E-state index contributed by atoms with van der Waals surface area (Å²) in [5, 5.41) is 0. The fraction of sp³-hybridized carbons (Fsp3) is 0.714. The van der Waals surface area contributed by atoms with Crippen LogP contribution in [0.25, 0.3) is 0 Å². The molecule has 1 aliphatic heterocycles. The average molecular weight is 334 g/mol. The summed E-state index contributed by atoms with van der Waals surface area (Å²) in [4.78, 5) is 2.52. The molecule has 0 radical (unpaired) electrons. The second kappa shape index (κ2) is 8.35. The second-order valence-electron chi connectivity index (χ2n) is 8.32. The van der Waals surface area contributed by atoms with Crippen LogP contribution in [-0.2, 0) is 10.2 Å². The third-order valence-electron chi connectivity index (χ3n) is 4.56. The van der Waals surface area contributed by atoms with Gasteiger partial charge in [0, 0.05) is 13.1 Å². The minimum Gasteiger partial charge on any atom is -0.493 e. The Labute approximate surface area is 148 Å². The molecule has 1 fully saturated rings. The number of aryl methyl sites for hydroxylation is 1. The van der Waals surface area contributed by atoms with Crippen molar-refractivity contribution in [2.24, 2.45) is 0 Å². The minimum atomic E-state index is 0.113. The van der Waals surface area contributed by atoms with Gasteiger partial charge in [-0.1, -0.05) is 38.5 Å². The van der Waals surface area contributed by atoms with Crippen molar-refractivity contribution in [2.75, 3.05) is 26.2 Å². The Bertz CT molecular complexity index is 511. The van der Waals surface area contributed by atoms with Gasteiger partial charge in [-0.3, -0.25) is 4.90 Å². The van der Waals surface area contributed by atoms with Gasteiger partial charge in [0.25, 0.3) is 0 Å². The Kier molecular flexibility index (Phi) is 6.70. The predicted octanol–water partition coefficient (Wildman–Crippen LogP) is 4.56. The molecule has 0 saturated carbocycles. The van der Waals surface area contributed by atoms with Crippen molar-refractivity contribution in [3.8, 4) is 5.75 Å². The Hall–Kier alpha value is -1.06. The van der Waals surface area contributed by atoms with Crippen molar-refractivity contribution in [1.29, 1.82) is 0 Å². The van der Waals surface area contributed by atoms with Crippen LogP contribution in [0.5, 0.6) is 5.75 Å². The van der Waals surface area contributed by atoms with Crippen LogP contribution in [0.4, 0.5) is 0 Å². The van der Waals surface area contributed by atoms with Crippen LogP contribution in [-0.4, -0.2) is 43.3 Å². The van der Waals surface area contributed by atoms with Gasteiger partial charge in [0.1, 0.15) is 5.75 Å². The second-order valence-corrected chi connectivity index (χ2v) is 8.32. The Morgan fingerprint density at radius 3 is 2.42 bits per heavy atom. The van der Waals surface area contributed by atoms with E-state index in [0.29, 0.717) is 12.2 Å². The molecule has 0 N–H and O–H groups in total. The van der Waals surface area contributed by atoms with Crippen molar-refractivity contribution >= 4 is 0 Å².